The van der Waals surface area contributed by atoms with Crippen molar-refractivity contribution < 1.29 is 31.1 Å². The van der Waals surface area contributed by atoms with Gasteiger partial charge in [0.2, 0.25) is 15.7 Å². The summed E-state index contributed by atoms with van der Waals surface area (Å²) in [6, 6.07) is 8.74. The number of nitrogens with zero attached hydrogens (tertiary/aromatic N) is 2. The van der Waals surface area contributed by atoms with Gasteiger partial charge < -0.3 is 10.1 Å². The molecule has 0 radical (unpaired) electrons. The van der Waals surface area contributed by atoms with E-state index in [1.165, 1.54) is 31.4 Å². The van der Waals surface area contributed by atoms with Crippen LogP contribution in [0.25, 0.3) is 0 Å². The van der Waals surface area contributed by atoms with Gasteiger partial charge in [0, 0.05) is 17.8 Å². The number of halogens is 4. The van der Waals surface area contributed by atoms with E-state index in [1.807, 2.05) is 0 Å². The number of benzene rings is 1. The van der Waals surface area contributed by atoms with Gasteiger partial charge in [-0.1, -0.05) is 17.7 Å². The molecule has 0 unspecified atom stereocenters. The molecule has 0 saturated heterocycles. The van der Waals surface area contributed by atoms with Crippen LogP contribution in [0.15, 0.2) is 64.5 Å². The number of pyridine rings is 2. The molecule has 0 aliphatic heterocycles. The molecule has 168 valence electrons. The normalized spacial score (nSPS) is 11.8. The highest BCUT2D eigenvalue weighted by Crippen LogP contribution is 2.31. The number of methoxy groups -OCH3 is 1. The number of rotatable bonds is 6. The zero-order chi connectivity index (χ0) is 23.5. The number of aromatic nitrogens is 2. The zero-order valence-electron chi connectivity index (χ0n) is 16.4. The van der Waals surface area contributed by atoms with Crippen LogP contribution in [-0.4, -0.2) is 31.4 Å². The fraction of sp³-hybridized carbons (Fsp3) is 0.150. The summed E-state index contributed by atoms with van der Waals surface area (Å²) in [7, 11) is -2.84. The van der Waals surface area contributed by atoms with Crippen molar-refractivity contribution >= 4 is 27.3 Å². The lowest BCUT2D eigenvalue weighted by Crippen LogP contribution is -2.23. The van der Waals surface area contributed by atoms with Gasteiger partial charge >= 0.3 is 6.18 Å². The minimum absolute atomic E-state index is 0.0367. The Morgan fingerprint density at radius 3 is 2.50 bits per heavy atom. The molecule has 1 aromatic carbocycles. The molecular formula is C20H15ClF3N3O4S. The van der Waals surface area contributed by atoms with E-state index in [0.29, 0.717) is 11.8 Å². The maximum Gasteiger partial charge on any atom is 0.416 e. The summed E-state index contributed by atoms with van der Waals surface area (Å²) >= 11 is 5.83. The first kappa shape index (κ1) is 23.5. The molecule has 0 spiro atoms. The third kappa shape index (κ3) is 5.35. The predicted molar refractivity (Wildman–Crippen MR) is 108 cm³/mol. The SMILES string of the molecule is COc1cc(C(=O)NCc2ccc(S(=O)(=O)c3cccc(C(F)(F)F)c3)cn2)cc(Cl)n1. The Kier molecular flexibility index (Phi) is 6.70. The maximum atomic E-state index is 12.9. The summed E-state index contributed by atoms with van der Waals surface area (Å²) in [5, 5.41) is 2.66. The summed E-state index contributed by atoms with van der Waals surface area (Å²) in [6.07, 6.45) is -3.65. The highest BCUT2D eigenvalue weighted by atomic mass is 35.5. The average molecular weight is 486 g/mol. The van der Waals surface area contributed by atoms with Crippen molar-refractivity contribution in [3.8, 4) is 5.88 Å². The predicted octanol–water partition coefficient (Wildman–Crippen LogP) is 3.92. The van der Waals surface area contributed by atoms with Crippen LogP contribution in [0.4, 0.5) is 13.2 Å². The van der Waals surface area contributed by atoms with Crippen LogP contribution in [0.1, 0.15) is 21.6 Å². The van der Waals surface area contributed by atoms with E-state index in [4.69, 9.17) is 16.3 Å². The number of hydrogen-bond donors (Lipinski definition) is 1. The Balaban J connectivity index is 1.74. The van der Waals surface area contributed by atoms with Gasteiger partial charge in [-0.15, -0.1) is 0 Å². The lowest BCUT2D eigenvalue weighted by Gasteiger charge is -2.10. The zero-order valence-corrected chi connectivity index (χ0v) is 17.9. The van der Waals surface area contributed by atoms with Crippen LogP contribution in [0.5, 0.6) is 5.88 Å². The van der Waals surface area contributed by atoms with Gasteiger partial charge in [-0.2, -0.15) is 13.2 Å². The molecule has 2 heterocycles. The van der Waals surface area contributed by atoms with Crippen LogP contribution in [0, 0.1) is 0 Å². The second kappa shape index (κ2) is 9.13. The smallest absolute Gasteiger partial charge is 0.416 e. The number of nitrogens with one attached hydrogen (secondary N) is 1. The molecule has 0 bridgehead atoms. The average Bonchev–Trinajstić information content (AvgIpc) is 2.76. The van der Waals surface area contributed by atoms with Gasteiger partial charge in [-0.05, 0) is 36.4 Å². The van der Waals surface area contributed by atoms with Crippen molar-refractivity contribution in [3.05, 3.63) is 76.7 Å². The number of alkyl halides is 3. The van der Waals surface area contributed by atoms with E-state index in [2.05, 4.69) is 15.3 Å². The minimum Gasteiger partial charge on any atom is -0.481 e. The van der Waals surface area contributed by atoms with Gasteiger partial charge in [0.05, 0.1) is 34.7 Å². The number of hydrogen-bond acceptors (Lipinski definition) is 6. The number of sulfone groups is 1. The molecule has 3 rings (SSSR count). The maximum absolute atomic E-state index is 12.9. The fourth-order valence-electron chi connectivity index (χ4n) is 2.63. The van der Waals surface area contributed by atoms with Crippen LogP contribution in [-0.2, 0) is 22.6 Å². The number of amides is 1. The minimum atomic E-state index is -4.67. The van der Waals surface area contributed by atoms with Gasteiger partial charge in [-0.25, -0.2) is 13.4 Å². The molecule has 0 fully saturated rings. The molecule has 0 atom stereocenters. The second-order valence-electron chi connectivity index (χ2n) is 6.42. The number of carbonyl (C=O) groups excluding carboxylic acids is 1. The van der Waals surface area contributed by atoms with E-state index in [-0.39, 0.29) is 28.0 Å². The summed E-state index contributed by atoms with van der Waals surface area (Å²) in [6.45, 7) is -0.0367. The molecule has 2 aromatic heterocycles. The van der Waals surface area contributed by atoms with Crippen LogP contribution < -0.4 is 10.1 Å². The lowest BCUT2D eigenvalue weighted by molar-refractivity contribution is -0.137. The summed E-state index contributed by atoms with van der Waals surface area (Å²) in [5.74, 6) is -0.333. The Morgan fingerprint density at radius 2 is 1.88 bits per heavy atom. The molecule has 7 nitrogen and oxygen atoms in total. The molecule has 0 saturated carbocycles. The first-order valence-corrected chi connectivity index (χ1v) is 10.7. The van der Waals surface area contributed by atoms with Crippen LogP contribution in [0.2, 0.25) is 5.15 Å². The van der Waals surface area contributed by atoms with Crippen LogP contribution >= 0.6 is 11.6 Å². The van der Waals surface area contributed by atoms with Crippen molar-refractivity contribution in [1.29, 1.82) is 0 Å². The molecule has 0 aliphatic carbocycles. The van der Waals surface area contributed by atoms with E-state index in [9.17, 15) is 26.4 Å². The molecule has 12 heteroatoms. The third-order valence-electron chi connectivity index (χ3n) is 4.25. The van der Waals surface area contributed by atoms with E-state index >= 15 is 0 Å². The van der Waals surface area contributed by atoms with Gasteiger partial charge in [0.15, 0.2) is 0 Å². The number of carbonyl (C=O) groups is 1. The summed E-state index contributed by atoms with van der Waals surface area (Å²) < 4.78 is 68.9. The molecule has 0 aliphatic rings. The second-order valence-corrected chi connectivity index (χ2v) is 8.75. The Hall–Kier alpha value is -3.18. The van der Waals surface area contributed by atoms with E-state index < -0.39 is 32.4 Å². The summed E-state index contributed by atoms with van der Waals surface area (Å²) in [5.41, 5.74) is -0.544. The highest BCUT2D eigenvalue weighted by molar-refractivity contribution is 7.91. The van der Waals surface area contributed by atoms with Gasteiger partial charge in [0.25, 0.3) is 5.91 Å². The third-order valence-corrected chi connectivity index (χ3v) is 6.18. The van der Waals surface area contributed by atoms with Gasteiger partial charge in [0.1, 0.15) is 5.15 Å². The Labute approximate surface area is 186 Å². The lowest BCUT2D eigenvalue weighted by atomic mass is 10.2. The van der Waals surface area contributed by atoms with Crippen molar-refractivity contribution in [2.45, 2.75) is 22.5 Å². The topological polar surface area (TPSA) is 98.2 Å². The Morgan fingerprint density at radius 1 is 1.12 bits per heavy atom. The first-order chi connectivity index (χ1) is 15.0. The van der Waals surface area contributed by atoms with E-state index in [1.54, 1.807) is 0 Å². The largest absolute Gasteiger partial charge is 0.481 e. The van der Waals surface area contributed by atoms with Crippen molar-refractivity contribution in [1.82, 2.24) is 15.3 Å². The molecular weight excluding hydrogens is 471 g/mol. The molecule has 32 heavy (non-hydrogen) atoms. The standard InChI is InChI=1S/C20H15ClF3N3O4S/c1-31-18-8-12(7-17(21)27-18)19(28)26-10-14-5-6-16(11-25-14)32(29,30)15-4-2-3-13(9-15)20(22,23)24/h2-9,11H,10H2,1H3,(H,26,28). The summed E-state index contributed by atoms with van der Waals surface area (Å²) in [4.78, 5) is 19.4. The molecule has 3 aromatic rings. The number of ether oxygens (including phenoxy) is 1. The van der Waals surface area contributed by atoms with Crippen molar-refractivity contribution in [2.24, 2.45) is 0 Å². The van der Waals surface area contributed by atoms with Crippen molar-refractivity contribution in [3.63, 3.8) is 0 Å². The molecule has 1 amide bonds. The van der Waals surface area contributed by atoms with E-state index in [0.717, 1.165) is 24.4 Å². The van der Waals surface area contributed by atoms with Crippen molar-refractivity contribution in [2.75, 3.05) is 7.11 Å². The quantitative estimate of drug-likeness (QED) is 0.531. The van der Waals surface area contributed by atoms with Crippen LogP contribution in [0.3, 0.4) is 0 Å². The monoisotopic (exact) mass is 485 g/mol. The first-order valence-electron chi connectivity index (χ1n) is 8.88. The van der Waals surface area contributed by atoms with Gasteiger partial charge in [-0.3, -0.25) is 9.78 Å². The molecule has 1 N–H and O–H groups in total. The fourth-order valence-corrected chi connectivity index (χ4v) is 4.08. The Bertz CT molecular complexity index is 1250. The highest BCUT2D eigenvalue weighted by Gasteiger charge is 2.32.